The Morgan fingerprint density at radius 3 is 2.70 bits per heavy atom. The molecular formula is C25H26N4O4. The molecule has 0 aliphatic carbocycles. The summed E-state index contributed by atoms with van der Waals surface area (Å²) in [6, 6.07) is 13.7. The van der Waals surface area contributed by atoms with E-state index in [0.29, 0.717) is 18.7 Å². The molecule has 2 amide bonds. The highest BCUT2D eigenvalue weighted by Crippen LogP contribution is 2.27. The van der Waals surface area contributed by atoms with Crippen LogP contribution < -0.4 is 10.6 Å². The number of carbonyl (C=O) groups is 3. The number of hydrogen-bond acceptors (Lipinski definition) is 4. The average Bonchev–Trinajstić information content (AvgIpc) is 3.24. The number of nitrogens with zero attached hydrogens (tertiary/aromatic N) is 1. The standard InChI is InChI=1S/C23H22N4O2.C2H4O2/c1-2-24-22(28)7-6-15-4-3-5-16(12-15)20-13-17(8-10-25-20)21-14-18-19(27-21)9-11-26-23(18)29;1-2(3)4/h3-8,10,12-14,27H,2,9,11H2,1H3,(H,24,28)(H,26,29);1H3,(H,3,4)/b7-6+;. The van der Waals surface area contributed by atoms with E-state index in [2.05, 4.69) is 20.6 Å². The van der Waals surface area contributed by atoms with Gasteiger partial charge in [-0.1, -0.05) is 18.2 Å². The van der Waals surface area contributed by atoms with Crippen LogP contribution in [0.3, 0.4) is 0 Å². The van der Waals surface area contributed by atoms with Crippen molar-refractivity contribution in [3.05, 3.63) is 71.6 Å². The van der Waals surface area contributed by atoms with Gasteiger partial charge in [0.05, 0.1) is 11.3 Å². The van der Waals surface area contributed by atoms with Gasteiger partial charge in [0.15, 0.2) is 0 Å². The topological polar surface area (TPSA) is 124 Å². The highest BCUT2D eigenvalue weighted by atomic mass is 16.4. The van der Waals surface area contributed by atoms with Crippen LogP contribution in [0.25, 0.3) is 28.6 Å². The molecule has 4 rings (SSSR count). The lowest BCUT2D eigenvalue weighted by molar-refractivity contribution is -0.134. The first-order chi connectivity index (χ1) is 15.9. The molecule has 1 aliphatic heterocycles. The Morgan fingerprint density at radius 2 is 1.97 bits per heavy atom. The maximum absolute atomic E-state index is 12.0. The predicted octanol–water partition coefficient (Wildman–Crippen LogP) is 3.27. The van der Waals surface area contributed by atoms with Gasteiger partial charge in [-0.3, -0.25) is 19.4 Å². The van der Waals surface area contributed by atoms with Crippen LogP contribution in [-0.2, 0) is 16.0 Å². The molecule has 8 heteroatoms. The molecule has 0 saturated carbocycles. The van der Waals surface area contributed by atoms with E-state index >= 15 is 0 Å². The molecule has 0 unspecified atom stereocenters. The maximum atomic E-state index is 12.0. The van der Waals surface area contributed by atoms with Crippen LogP contribution in [0, 0.1) is 0 Å². The van der Waals surface area contributed by atoms with E-state index in [4.69, 9.17) is 9.90 Å². The first kappa shape index (κ1) is 23.5. The number of amides is 2. The van der Waals surface area contributed by atoms with Crippen LogP contribution in [0.4, 0.5) is 0 Å². The Hall–Kier alpha value is -4.20. The number of pyridine rings is 1. The molecule has 0 saturated heterocycles. The molecule has 0 bridgehead atoms. The van der Waals surface area contributed by atoms with Crippen LogP contribution in [0.15, 0.2) is 54.7 Å². The predicted molar refractivity (Wildman–Crippen MR) is 127 cm³/mol. The third-order valence-corrected chi connectivity index (χ3v) is 4.84. The fourth-order valence-corrected chi connectivity index (χ4v) is 3.41. The smallest absolute Gasteiger partial charge is 0.300 e. The van der Waals surface area contributed by atoms with Gasteiger partial charge >= 0.3 is 0 Å². The first-order valence-corrected chi connectivity index (χ1v) is 10.6. The van der Waals surface area contributed by atoms with Gasteiger partial charge in [-0.05, 0) is 42.8 Å². The van der Waals surface area contributed by atoms with Crippen molar-refractivity contribution in [3.63, 3.8) is 0 Å². The van der Waals surface area contributed by atoms with E-state index in [1.165, 1.54) is 6.08 Å². The molecule has 4 N–H and O–H groups in total. The molecule has 1 aliphatic rings. The monoisotopic (exact) mass is 446 g/mol. The first-order valence-electron chi connectivity index (χ1n) is 10.6. The highest BCUT2D eigenvalue weighted by molar-refractivity contribution is 5.98. The molecule has 3 aromatic rings. The van der Waals surface area contributed by atoms with Crippen LogP contribution in [-0.4, -0.2) is 45.9 Å². The number of carboxylic acids is 1. The van der Waals surface area contributed by atoms with Crippen molar-refractivity contribution in [2.24, 2.45) is 0 Å². The number of carbonyl (C=O) groups excluding carboxylic acids is 2. The van der Waals surface area contributed by atoms with Gasteiger partial charge in [0.2, 0.25) is 5.91 Å². The molecule has 3 heterocycles. The molecule has 2 aromatic heterocycles. The number of hydrogen-bond donors (Lipinski definition) is 4. The van der Waals surface area contributed by atoms with Crippen molar-refractivity contribution in [3.8, 4) is 22.5 Å². The maximum Gasteiger partial charge on any atom is 0.300 e. The fourth-order valence-electron chi connectivity index (χ4n) is 3.41. The zero-order valence-electron chi connectivity index (χ0n) is 18.5. The Balaban J connectivity index is 0.000000709. The summed E-state index contributed by atoms with van der Waals surface area (Å²) >= 11 is 0. The van der Waals surface area contributed by atoms with Gasteiger partial charge in [-0.15, -0.1) is 0 Å². The normalized spacial score (nSPS) is 12.4. The Morgan fingerprint density at radius 1 is 1.18 bits per heavy atom. The number of benzene rings is 1. The minimum Gasteiger partial charge on any atom is -0.481 e. The summed E-state index contributed by atoms with van der Waals surface area (Å²) in [4.78, 5) is 40.5. The van der Waals surface area contributed by atoms with Gasteiger partial charge in [-0.2, -0.15) is 0 Å². The van der Waals surface area contributed by atoms with Gasteiger partial charge in [0.25, 0.3) is 11.9 Å². The van der Waals surface area contributed by atoms with Crippen molar-refractivity contribution in [2.75, 3.05) is 13.1 Å². The third kappa shape index (κ3) is 6.39. The van der Waals surface area contributed by atoms with E-state index in [-0.39, 0.29) is 11.8 Å². The van der Waals surface area contributed by atoms with Crippen LogP contribution in [0.2, 0.25) is 0 Å². The van der Waals surface area contributed by atoms with Crippen molar-refractivity contribution in [2.45, 2.75) is 20.3 Å². The number of fused-ring (bicyclic) bond motifs is 1. The van der Waals surface area contributed by atoms with Crippen molar-refractivity contribution in [1.82, 2.24) is 20.6 Å². The minimum atomic E-state index is -0.833. The highest BCUT2D eigenvalue weighted by Gasteiger charge is 2.20. The fraction of sp³-hybridized carbons (Fsp3) is 0.200. The number of H-pyrrole nitrogens is 1. The van der Waals surface area contributed by atoms with Crippen molar-refractivity contribution in [1.29, 1.82) is 0 Å². The van der Waals surface area contributed by atoms with E-state index in [1.54, 1.807) is 12.3 Å². The second-order valence-electron chi connectivity index (χ2n) is 7.38. The molecule has 170 valence electrons. The number of aliphatic carboxylic acids is 1. The quantitative estimate of drug-likeness (QED) is 0.448. The molecule has 0 radical (unpaired) electrons. The number of likely N-dealkylation sites (N-methyl/N-ethyl adjacent to an activating group) is 1. The molecule has 0 atom stereocenters. The molecule has 0 fully saturated rings. The molecule has 8 nitrogen and oxygen atoms in total. The van der Waals surface area contributed by atoms with Crippen molar-refractivity contribution < 1.29 is 19.5 Å². The summed E-state index contributed by atoms with van der Waals surface area (Å²) in [6.45, 7) is 4.23. The van der Waals surface area contributed by atoms with E-state index in [0.717, 1.165) is 47.1 Å². The number of nitrogens with one attached hydrogen (secondary N) is 3. The summed E-state index contributed by atoms with van der Waals surface area (Å²) in [6.07, 6.45) is 5.89. The Kier molecular flexibility index (Phi) is 7.75. The summed E-state index contributed by atoms with van der Waals surface area (Å²) in [5, 5.41) is 13.0. The molecule has 1 aromatic carbocycles. The van der Waals surface area contributed by atoms with Crippen LogP contribution in [0.5, 0.6) is 0 Å². The number of carboxylic acid groups (broad SMARTS) is 1. The summed E-state index contributed by atoms with van der Waals surface area (Å²) in [5.74, 6) is -0.979. The zero-order valence-corrected chi connectivity index (χ0v) is 18.5. The zero-order chi connectivity index (χ0) is 23.8. The van der Waals surface area contributed by atoms with Gasteiger partial charge in [0, 0.05) is 61.2 Å². The number of aromatic nitrogens is 2. The second kappa shape index (κ2) is 10.9. The SMILES string of the molecule is CC(=O)O.CCNC(=O)/C=C/c1cccc(-c2cc(-c3cc4c([nH]3)CCNC4=O)ccn2)c1. The van der Waals surface area contributed by atoms with Gasteiger partial charge in [0.1, 0.15) is 0 Å². The molecular weight excluding hydrogens is 420 g/mol. The average molecular weight is 447 g/mol. The Bertz CT molecular complexity index is 1190. The Labute approximate surface area is 191 Å². The lowest BCUT2D eigenvalue weighted by atomic mass is 10.0. The molecule has 33 heavy (non-hydrogen) atoms. The van der Waals surface area contributed by atoms with Crippen LogP contribution in [0.1, 0.15) is 35.5 Å². The number of aromatic amines is 1. The summed E-state index contributed by atoms with van der Waals surface area (Å²) < 4.78 is 0. The van der Waals surface area contributed by atoms with Crippen LogP contribution >= 0.6 is 0 Å². The lowest BCUT2D eigenvalue weighted by Gasteiger charge is -2.11. The minimum absolute atomic E-state index is 0.0328. The van der Waals surface area contributed by atoms with E-state index in [9.17, 15) is 9.59 Å². The van der Waals surface area contributed by atoms with Gasteiger partial charge < -0.3 is 20.7 Å². The van der Waals surface area contributed by atoms with E-state index < -0.39 is 5.97 Å². The summed E-state index contributed by atoms with van der Waals surface area (Å²) in [7, 11) is 0. The summed E-state index contributed by atoms with van der Waals surface area (Å²) in [5.41, 5.74) is 6.27. The largest absolute Gasteiger partial charge is 0.481 e. The number of rotatable bonds is 5. The van der Waals surface area contributed by atoms with E-state index in [1.807, 2.05) is 49.4 Å². The van der Waals surface area contributed by atoms with Crippen molar-refractivity contribution >= 4 is 23.9 Å². The van der Waals surface area contributed by atoms with Gasteiger partial charge in [-0.25, -0.2) is 0 Å². The lowest BCUT2D eigenvalue weighted by Crippen LogP contribution is -2.31. The second-order valence-corrected chi connectivity index (χ2v) is 7.38. The third-order valence-electron chi connectivity index (χ3n) is 4.84. The molecule has 0 spiro atoms.